The molecule has 3 aromatic carbocycles. The molecule has 0 aliphatic carbocycles. The van der Waals surface area contributed by atoms with Gasteiger partial charge in [0.05, 0.1) is 4.47 Å². The molecule has 4 rings (SSSR count). The summed E-state index contributed by atoms with van der Waals surface area (Å²) in [6.07, 6.45) is 0. The number of amides is 1. The summed E-state index contributed by atoms with van der Waals surface area (Å²) in [5, 5.41) is 2.12. The average molecular weight is 564 g/mol. The maximum Gasteiger partial charge on any atom is 0.260 e. The van der Waals surface area contributed by atoms with Crippen LogP contribution in [0.4, 0.5) is 4.39 Å². The zero-order valence-corrected chi connectivity index (χ0v) is 21.2. The van der Waals surface area contributed by atoms with Crippen molar-refractivity contribution in [3.8, 4) is 5.75 Å². The van der Waals surface area contributed by atoms with Gasteiger partial charge in [0.1, 0.15) is 11.6 Å². The van der Waals surface area contributed by atoms with Crippen LogP contribution in [0.1, 0.15) is 19.4 Å². The minimum atomic E-state index is -0.225. The van der Waals surface area contributed by atoms with E-state index in [4.69, 9.17) is 4.74 Å². The Bertz CT molecular complexity index is 1120. The van der Waals surface area contributed by atoms with Gasteiger partial charge in [0.25, 0.3) is 5.91 Å². The second-order valence-corrected chi connectivity index (χ2v) is 10.0. The molecule has 0 aromatic heterocycles. The molecule has 0 unspecified atom stereocenters. The van der Waals surface area contributed by atoms with Crippen LogP contribution in [0.2, 0.25) is 0 Å². The van der Waals surface area contributed by atoms with Crippen LogP contribution in [0.15, 0.2) is 63.5 Å². The van der Waals surface area contributed by atoms with E-state index in [0.29, 0.717) is 12.3 Å². The van der Waals surface area contributed by atoms with E-state index in [0.717, 1.165) is 38.4 Å². The van der Waals surface area contributed by atoms with Crippen molar-refractivity contribution in [2.24, 2.45) is 0 Å². The second kappa shape index (κ2) is 9.89. The molecular formula is C25H25Br2FN2O2. The van der Waals surface area contributed by atoms with Crippen LogP contribution in [0.5, 0.6) is 5.75 Å². The molecular weight excluding hydrogens is 539 g/mol. The number of carbonyl (C=O) groups is 1. The molecule has 1 aliphatic rings. The molecule has 3 aromatic rings. The average Bonchev–Trinajstić information content (AvgIpc) is 2.77. The Kier molecular flexibility index (Phi) is 7.17. The lowest BCUT2D eigenvalue weighted by Gasteiger charge is -2.44. The van der Waals surface area contributed by atoms with Crippen LogP contribution in [0.25, 0.3) is 10.8 Å². The Morgan fingerprint density at radius 3 is 2.53 bits per heavy atom. The van der Waals surface area contributed by atoms with Crippen molar-refractivity contribution in [3.05, 3.63) is 74.9 Å². The van der Waals surface area contributed by atoms with Crippen LogP contribution >= 0.6 is 31.9 Å². The fourth-order valence-electron chi connectivity index (χ4n) is 4.17. The number of piperazine rings is 1. The van der Waals surface area contributed by atoms with Crippen LogP contribution in [0, 0.1) is 5.82 Å². The standard InChI is InChI=1S/C25H25Br2FN2O2/c1-16-13-30(17(2)12-29(16)14-18-3-7-21(28)8-4-18)24(31)15-32-23-10-5-19-11-20(26)6-9-22(19)25(23)27/h3-11,16-17H,12-15H2,1-2H3/t16-,17+/m1/s1. The quantitative estimate of drug-likeness (QED) is 0.381. The number of hydrogen-bond acceptors (Lipinski definition) is 3. The Hall–Kier alpha value is -1.96. The van der Waals surface area contributed by atoms with E-state index in [9.17, 15) is 9.18 Å². The van der Waals surface area contributed by atoms with E-state index in [1.54, 1.807) is 0 Å². The minimum Gasteiger partial charge on any atom is -0.483 e. The molecule has 0 spiro atoms. The first-order valence-corrected chi connectivity index (χ1v) is 12.2. The molecule has 32 heavy (non-hydrogen) atoms. The normalized spacial score (nSPS) is 19.3. The molecule has 4 nitrogen and oxygen atoms in total. The largest absolute Gasteiger partial charge is 0.483 e. The van der Waals surface area contributed by atoms with E-state index < -0.39 is 0 Å². The van der Waals surface area contributed by atoms with Crippen LogP contribution in [-0.4, -0.2) is 47.5 Å². The van der Waals surface area contributed by atoms with Gasteiger partial charge in [-0.15, -0.1) is 0 Å². The van der Waals surface area contributed by atoms with Crippen LogP contribution < -0.4 is 4.74 Å². The molecule has 0 radical (unpaired) electrons. The molecule has 0 saturated carbocycles. The number of halogens is 3. The molecule has 1 fully saturated rings. The monoisotopic (exact) mass is 562 g/mol. The number of nitrogens with zero attached hydrogens (tertiary/aromatic N) is 2. The highest BCUT2D eigenvalue weighted by molar-refractivity contribution is 9.11. The highest BCUT2D eigenvalue weighted by Gasteiger charge is 2.32. The molecule has 1 aliphatic heterocycles. The number of rotatable bonds is 5. The van der Waals surface area contributed by atoms with E-state index in [1.807, 2.05) is 47.4 Å². The number of fused-ring (bicyclic) bond motifs is 1. The lowest BCUT2D eigenvalue weighted by atomic mass is 10.1. The summed E-state index contributed by atoms with van der Waals surface area (Å²) in [4.78, 5) is 17.2. The zero-order valence-electron chi connectivity index (χ0n) is 18.0. The third-order valence-corrected chi connectivity index (χ3v) is 7.28. The first-order chi connectivity index (χ1) is 15.3. The van der Waals surface area contributed by atoms with Gasteiger partial charge in [-0.25, -0.2) is 4.39 Å². The van der Waals surface area contributed by atoms with Crippen molar-refractivity contribution in [1.82, 2.24) is 9.80 Å². The van der Waals surface area contributed by atoms with Crippen molar-refractivity contribution in [2.45, 2.75) is 32.5 Å². The summed E-state index contributed by atoms with van der Waals surface area (Å²) < 4.78 is 21.0. The molecule has 1 amide bonds. The van der Waals surface area contributed by atoms with Gasteiger partial charge in [-0.05, 0) is 76.4 Å². The minimum absolute atomic E-state index is 0.00431. The van der Waals surface area contributed by atoms with Gasteiger partial charge in [0, 0.05) is 36.2 Å². The molecule has 0 N–H and O–H groups in total. The Balaban J connectivity index is 1.38. The van der Waals surface area contributed by atoms with Crippen molar-refractivity contribution < 1.29 is 13.9 Å². The highest BCUT2D eigenvalue weighted by Crippen LogP contribution is 2.34. The fourth-order valence-corrected chi connectivity index (χ4v) is 5.15. The van der Waals surface area contributed by atoms with Crippen molar-refractivity contribution in [1.29, 1.82) is 0 Å². The van der Waals surface area contributed by atoms with Gasteiger partial charge < -0.3 is 9.64 Å². The number of ether oxygens (including phenoxy) is 1. The molecule has 168 valence electrons. The predicted octanol–water partition coefficient (Wildman–Crippen LogP) is 6.00. The van der Waals surface area contributed by atoms with Gasteiger partial charge in [0.2, 0.25) is 0 Å². The Labute approximate surface area is 204 Å². The van der Waals surface area contributed by atoms with Crippen molar-refractivity contribution >= 4 is 48.5 Å². The maximum atomic E-state index is 13.2. The van der Waals surface area contributed by atoms with E-state index in [-0.39, 0.29) is 30.4 Å². The second-order valence-electron chi connectivity index (χ2n) is 8.33. The molecule has 1 heterocycles. The van der Waals surface area contributed by atoms with E-state index in [2.05, 4.69) is 50.6 Å². The maximum absolute atomic E-state index is 13.2. The van der Waals surface area contributed by atoms with E-state index >= 15 is 0 Å². The van der Waals surface area contributed by atoms with Crippen molar-refractivity contribution in [2.75, 3.05) is 19.7 Å². The summed E-state index contributed by atoms with van der Waals surface area (Å²) in [5.41, 5.74) is 1.07. The third kappa shape index (κ3) is 5.16. The van der Waals surface area contributed by atoms with Crippen LogP contribution in [-0.2, 0) is 11.3 Å². The smallest absolute Gasteiger partial charge is 0.260 e. The zero-order chi connectivity index (χ0) is 22.8. The molecule has 0 bridgehead atoms. The molecule has 2 atom stereocenters. The first kappa shape index (κ1) is 23.2. The topological polar surface area (TPSA) is 32.8 Å². The first-order valence-electron chi connectivity index (χ1n) is 10.6. The number of hydrogen-bond donors (Lipinski definition) is 0. The van der Waals surface area contributed by atoms with E-state index in [1.165, 1.54) is 12.1 Å². The Morgan fingerprint density at radius 2 is 1.78 bits per heavy atom. The van der Waals surface area contributed by atoms with Gasteiger partial charge in [-0.3, -0.25) is 9.69 Å². The van der Waals surface area contributed by atoms with Gasteiger partial charge >= 0.3 is 0 Å². The molecule has 1 saturated heterocycles. The fraction of sp³-hybridized carbons (Fsp3) is 0.320. The summed E-state index contributed by atoms with van der Waals surface area (Å²) in [6, 6.07) is 16.8. The van der Waals surface area contributed by atoms with Gasteiger partial charge in [-0.1, -0.05) is 40.2 Å². The summed E-state index contributed by atoms with van der Waals surface area (Å²) in [7, 11) is 0. The lowest BCUT2D eigenvalue weighted by molar-refractivity contribution is -0.139. The summed E-state index contributed by atoms with van der Waals surface area (Å²) in [5.74, 6) is 0.411. The van der Waals surface area contributed by atoms with Gasteiger partial charge in [0.15, 0.2) is 6.61 Å². The highest BCUT2D eigenvalue weighted by atomic mass is 79.9. The number of carbonyl (C=O) groups excluding carboxylic acids is 1. The van der Waals surface area contributed by atoms with Crippen molar-refractivity contribution in [3.63, 3.8) is 0 Å². The summed E-state index contributed by atoms with van der Waals surface area (Å²) in [6.45, 7) is 6.32. The third-order valence-electron chi connectivity index (χ3n) is 5.97. The summed E-state index contributed by atoms with van der Waals surface area (Å²) >= 11 is 7.11. The number of benzene rings is 3. The van der Waals surface area contributed by atoms with Gasteiger partial charge in [-0.2, -0.15) is 0 Å². The Morgan fingerprint density at radius 1 is 1.03 bits per heavy atom. The van der Waals surface area contributed by atoms with Crippen LogP contribution in [0.3, 0.4) is 0 Å². The molecule has 7 heteroatoms. The lowest BCUT2D eigenvalue weighted by Crippen LogP contribution is -2.58. The predicted molar refractivity (Wildman–Crippen MR) is 132 cm³/mol. The SMILES string of the molecule is C[C@@H]1CN(C(=O)COc2ccc3cc(Br)ccc3c2Br)[C@@H](C)CN1Cc1ccc(F)cc1.